The third kappa shape index (κ3) is 1.98. The Balaban J connectivity index is 2.23. The fourth-order valence-corrected chi connectivity index (χ4v) is 1.41. The van der Waals surface area contributed by atoms with Crippen LogP contribution in [0.4, 0.5) is 4.39 Å². The topological polar surface area (TPSA) is 39.4 Å². The Bertz CT molecular complexity index is 476. The molecule has 78 valence electrons. The Labute approximate surface area is 85.4 Å². The Morgan fingerprint density at radius 2 is 2.33 bits per heavy atom. The molecular weight excluding hydrogens is 199 g/mol. The molecule has 0 N–H and O–H groups in total. The fraction of sp³-hybridized carbons (Fsp3) is 0.182. The van der Waals surface area contributed by atoms with Crippen molar-refractivity contribution in [2.24, 2.45) is 0 Å². The van der Waals surface area contributed by atoms with Gasteiger partial charge in [-0.15, -0.1) is 0 Å². The average molecular weight is 208 g/mol. The van der Waals surface area contributed by atoms with E-state index in [4.69, 9.17) is 4.42 Å². The zero-order chi connectivity index (χ0) is 10.7. The van der Waals surface area contributed by atoms with Crippen molar-refractivity contribution >= 4 is 17.4 Å². The number of carbonyl (C=O) groups excluding carboxylic acids is 1. The van der Waals surface area contributed by atoms with Gasteiger partial charge < -0.3 is 9.15 Å². The van der Waals surface area contributed by atoms with Gasteiger partial charge in [0, 0.05) is 11.8 Å². The van der Waals surface area contributed by atoms with Crippen molar-refractivity contribution in [2.75, 3.05) is 6.61 Å². The maximum Gasteiger partial charge on any atom is 0.293 e. The number of hydrogen-bond acceptors (Lipinski definition) is 3. The van der Waals surface area contributed by atoms with Gasteiger partial charge in [0.05, 0.1) is 6.61 Å². The highest BCUT2D eigenvalue weighted by molar-refractivity contribution is 5.78. The summed E-state index contributed by atoms with van der Waals surface area (Å²) >= 11 is 0. The van der Waals surface area contributed by atoms with Crippen molar-refractivity contribution in [3.05, 3.63) is 35.8 Å². The van der Waals surface area contributed by atoms with Gasteiger partial charge in [-0.1, -0.05) is 12.1 Å². The van der Waals surface area contributed by atoms with Gasteiger partial charge in [0.1, 0.15) is 5.76 Å². The summed E-state index contributed by atoms with van der Waals surface area (Å²) in [4.78, 5) is 9.91. The summed E-state index contributed by atoms with van der Waals surface area (Å²) in [6.07, 6.45) is 0.451. The van der Waals surface area contributed by atoms with E-state index in [0.717, 1.165) is 5.39 Å². The van der Waals surface area contributed by atoms with Crippen LogP contribution >= 0.6 is 0 Å². The molecule has 0 radical (unpaired) electrons. The molecule has 0 amide bonds. The largest absolute Gasteiger partial charge is 0.467 e. The molecule has 0 spiro atoms. The van der Waals surface area contributed by atoms with Crippen LogP contribution in [0.15, 0.2) is 28.7 Å². The Morgan fingerprint density at radius 3 is 3.07 bits per heavy atom. The van der Waals surface area contributed by atoms with E-state index < -0.39 is 0 Å². The number of benzene rings is 1. The van der Waals surface area contributed by atoms with E-state index in [1.165, 1.54) is 6.07 Å². The highest BCUT2D eigenvalue weighted by atomic mass is 19.1. The van der Waals surface area contributed by atoms with Crippen molar-refractivity contribution in [3.63, 3.8) is 0 Å². The van der Waals surface area contributed by atoms with Gasteiger partial charge in [-0.05, 0) is 12.1 Å². The summed E-state index contributed by atoms with van der Waals surface area (Å²) in [5.41, 5.74) is 0.249. The van der Waals surface area contributed by atoms with Crippen LogP contribution < -0.4 is 0 Å². The first-order chi connectivity index (χ1) is 7.31. The zero-order valence-corrected chi connectivity index (χ0v) is 7.90. The Morgan fingerprint density at radius 1 is 1.47 bits per heavy atom. The highest BCUT2D eigenvalue weighted by Gasteiger charge is 2.07. The molecule has 0 aliphatic heterocycles. The number of hydrogen-bond donors (Lipinski definition) is 0. The monoisotopic (exact) mass is 208 g/mol. The number of carbonyl (C=O) groups is 1. The molecule has 0 bridgehead atoms. The van der Waals surface area contributed by atoms with Gasteiger partial charge in [-0.3, -0.25) is 4.79 Å². The molecule has 1 heterocycles. The summed E-state index contributed by atoms with van der Waals surface area (Å²) in [7, 11) is 0. The van der Waals surface area contributed by atoms with E-state index in [9.17, 15) is 9.18 Å². The quantitative estimate of drug-likeness (QED) is 0.571. The predicted molar refractivity (Wildman–Crippen MR) is 51.9 cm³/mol. The van der Waals surface area contributed by atoms with E-state index in [1.54, 1.807) is 18.2 Å². The lowest BCUT2D eigenvalue weighted by Crippen LogP contribution is -1.94. The molecule has 0 unspecified atom stereocenters. The molecule has 1 aromatic carbocycles. The molecule has 2 rings (SSSR count). The van der Waals surface area contributed by atoms with Gasteiger partial charge in [-0.25, -0.2) is 4.39 Å². The SMILES string of the molecule is O=COCCc1cc2cccc(F)c2o1. The number of rotatable bonds is 4. The first-order valence-corrected chi connectivity index (χ1v) is 4.53. The zero-order valence-electron chi connectivity index (χ0n) is 7.90. The number of halogens is 1. The van der Waals surface area contributed by atoms with E-state index in [-0.39, 0.29) is 18.0 Å². The smallest absolute Gasteiger partial charge is 0.293 e. The lowest BCUT2D eigenvalue weighted by Gasteiger charge is -1.93. The minimum absolute atomic E-state index is 0.241. The number of furan rings is 1. The van der Waals surface area contributed by atoms with E-state index >= 15 is 0 Å². The van der Waals surface area contributed by atoms with Crippen LogP contribution in [0.1, 0.15) is 5.76 Å². The van der Waals surface area contributed by atoms with Crippen LogP contribution in [0.3, 0.4) is 0 Å². The van der Waals surface area contributed by atoms with Gasteiger partial charge >= 0.3 is 0 Å². The van der Waals surface area contributed by atoms with Crippen LogP contribution in [0.5, 0.6) is 0 Å². The summed E-state index contributed by atoms with van der Waals surface area (Å²) in [5.74, 6) is 0.229. The molecule has 0 saturated heterocycles. The van der Waals surface area contributed by atoms with Gasteiger partial charge in [0.2, 0.25) is 0 Å². The van der Waals surface area contributed by atoms with Crippen molar-refractivity contribution in [1.29, 1.82) is 0 Å². The van der Waals surface area contributed by atoms with Crippen molar-refractivity contribution in [3.8, 4) is 0 Å². The van der Waals surface area contributed by atoms with Crippen molar-refractivity contribution < 1.29 is 18.3 Å². The van der Waals surface area contributed by atoms with E-state index in [0.29, 0.717) is 18.7 Å². The van der Waals surface area contributed by atoms with Crippen LogP contribution in [0.25, 0.3) is 11.0 Å². The van der Waals surface area contributed by atoms with Gasteiger partial charge in [0.25, 0.3) is 6.47 Å². The Hall–Kier alpha value is -1.84. The number of para-hydroxylation sites is 1. The molecule has 15 heavy (non-hydrogen) atoms. The molecule has 2 aromatic rings. The second kappa shape index (κ2) is 4.13. The third-order valence-electron chi connectivity index (χ3n) is 2.08. The third-order valence-corrected chi connectivity index (χ3v) is 2.08. The first-order valence-electron chi connectivity index (χ1n) is 4.53. The maximum absolute atomic E-state index is 13.2. The lowest BCUT2D eigenvalue weighted by molar-refractivity contribution is -0.128. The minimum Gasteiger partial charge on any atom is -0.467 e. The molecule has 0 saturated carbocycles. The number of fused-ring (bicyclic) bond motifs is 1. The minimum atomic E-state index is -0.380. The molecule has 0 aliphatic carbocycles. The molecule has 4 heteroatoms. The van der Waals surface area contributed by atoms with Crippen LogP contribution in [-0.4, -0.2) is 13.1 Å². The predicted octanol–water partition coefficient (Wildman–Crippen LogP) is 2.29. The second-order valence-corrected chi connectivity index (χ2v) is 3.09. The van der Waals surface area contributed by atoms with Gasteiger partial charge in [0.15, 0.2) is 11.4 Å². The van der Waals surface area contributed by atoms with Crippen LogP contribution in [-0.2, 0) is 16.0 Å². The van der Waals surface area contributed by atoms with Crippen LogP contribution in [0.2, 0.25) is 0 Å². The van der Waals surface area contributed by atoms with Crippen LogP contribution in [0, 0.1) is 5.82 Å². The summed E-state index contributed by atoms with van der Waals surface area (Å²) in [5, 5.41) is 0.719. The second-order valence-electron chi connectivity index (χ2n) is 3.09. The van der Waals surface area contributed by atoms with Crippen molar-refractivity contribution in [2.45, 2.75) is 6.42 Å². The summed E-state index contributed by atoms with van der Waals surface area (Å²) < 4.78 is 23.0. The maximum atomic E-state index is 13.2. The molecule has 1 aromatic heterocycles. The van der Waals surface area contributed by atoms with E-state index in [1.807, 2.05) is 0 Å². The standard InChI is InChI=1S/C11H9FO3/c12-10-3-1-2-8-6-9(15-11(8)10)4-5-14-7-13/h1-3,6-7H,4-5H2. The normalized spacial score (nSPS) is 10.5. The molecular formula is C11H9FO3. The summed E-state index contributed by atoms with van der Waals surface area (Å²) in [6, 6.07) is 6.48. The first kappa shape index (κ1) is 9.71. The molecule has 3 nitrogen and oxygen atoms in total. The van der Waals surface area contributed by atoms with E-state index in [2.05, 4.69) is 4.74 Å². The van der Waals surface area contributed by atoms with Crippen molar-refractivity contribution in [1.82, 2.24) is 0 Å². The molecule has 0 aliphatic rings. The Kier molecular flexibility index (Phi) is 2.67. The molecule has 0 fully saturated rings. The fourth-order valence-electron chi connectivity index (χ4n) is 1.41. The lowest BCUT2D eigenvalue weighted by atomic mass is 10.2. The summed E-state index contributed by atoms with van der Waals surface area (Å²) in [6.45, 7) is 0.619. The molecule has 0 atom stereocenters. The average Bonchev–Trinajstić information content (AvgIpc) is 2.63. The number of ether oxygens (including phenoxy) is 1. The van der Waals surface area contributed by atoms with Gasteiger partial charge in [-0.2, -0.15) is 0 Å². The highest BCUT2D eigenvalue weighted by Crippen LogP contribution is 2.22.